The number of imide groups is 2. The minimum atomic E-state index is -0.798. The van der Waals surface area contributed by atoms with Crippen molar-refractivity contribution in [1.82, 2.24) is 0 Å². The summed E-state index contributed by atoms with van der Waals surface area (Å²) in [6, 6.07) is 6.04. The average Bonchev–Trinajstić information content (AvgIpc) is 3.12. The number of rotatable bonds is 6. The van der Waals surface area contributed by atoms with Gasteiger partial charge in [0, 0.05) is 5.39 Å². The predicted molar refractivity (Wildman–Crippen MR) is 130 cm³/mol. The molecule has 2 fully saturated rings. The first-order valence-corrected chi connectivity index (χ1v) is 12.9. The molecule has 10 heteroatoms. The molecule has 4 amide bonds. The van der Waals surface area contributed by atoms with E-state index in [0.29, 0.717) is 22.6 Å². The van der Waals surface area contributed by atoms with Crippen molar-refractivity contribution in [2.75, 3.05) is 21.3 Å². The van der Waals surface area contributed by atoms with Gasteiger partial charge in [0.2, 0.25) is 23.6 Å². The molecule has 4 rings (SSSR count). The number of anilines is 2. The maximum absolute atomic E-state index is 12.9. The number of thioether (sulfide) groups is 2. The van der Waals surface area contributed by atoms with Gasteiger partial charge in [0.25, 0.3) is 0 Å². The quantitative estimate of drug-likeness (QED) is 0.451. The normalized spacial score (nSPS) is 25.7. The fraction of sp³-hybridized carbons (Fsp3) is 0.435. The van der Waals surface area contributed by atoms with Crippen molar-refractivity contribution in [3.8, 4) is 0 Å². The third kappa shape index (κ3) is 3.78. The van der Waals surface area contributed by atoms with Gasteiger partial charge in [-0.3, -0.25) is 19.2 Å². The molecule has 33 heavy (non-hydrogen) atoms. The van der Waals surface area contributed by atoms with Gasteiger partial charge in [-0.25, -0.2) is 14.6 Å². The van der Waals surface area contributed by atoms with Crippen LogP contribution in [0.25, 0.3) is 11.0 Å². The summed E-state index contributed by atoms with van der Waals surface area (Å²) >= 11 is 2.79. The van der Waals surface area contributed by atoms with E-state index in [-0.39, 0.29) is 23.1 Å². The molecule has 2 saturated heterocycles. The molecule has 1 aromatic heterocycles. The monoisotopic (exact) mass is 488 g/mol. The number of hydrogen-bond acceptors (Lipinski definition) is 8. The maximum Gasteiger partial charge on any atom is 0.360 e. The second kappa shape index (κ2) is 8.98. The molecule has 1 aromatic carbocycles. The van der Waals surface area contributed by atoms with E-state index in [0.717, 1.165) is 9.80 Å². The van der Waals surface area contributed by atoms with E-state index in [1.165, 1.54) is 35.7 Å². The van der Waals surface area contributed by atoms with Gasteiger partial charge in [-0.2, -0.15) is 0 Å². The van der Waals surface area contributed by atoms with Gasteiger partial charge in [-0.1, -0.05) is 27.7 Å². The molecule has 3 heterocycles. The summed E-state index contributed by atoms with van der Waals surface area (Å²) in [7, 11) is 0. The summed E-state index contributed by atoms with van der Waals surface area (Å²) in [5, 5.41) is -0.600. The molecule has 8 nitrogen and oxygen atoms in total. The van der Waals surface area contributed by atoms with Crippen LogP contribution in [-0.4, -0.2) is 45.6 Å². The molecule has 2 aromatic rings. The van der Waals surface area contributed by atoms with E-state index >= 15 is 0 Å². The molecule has 0 N–H and O–H groups in total. The van der Waals surface area contributed by atoms with Crippen LogP contribution in [0.3, 0.4) is 0 Å². The third-order valence-electron chi connectivity index (χ3n) is 5.94. The minimum absolute atomic E-state index is 0.160. The van der Waals surface area contributed by atoms with Crippen molar-refractivity contribution in [3.05, 3.63) is 34.7 Å². The van der Waals surface area contributed by atoms with Gasteiger partial charge in [0.1, 0.15) is 11.3 Å². The first kappa shape index (κ1) is 23.6. The number of carbonyl (C=O) groups excluding carboxylic acids is 4. The van der Waals surface area contributed by atoms with Gasteiger partial charge in [-0.05, 0) is 35.8 Å². The Balaban J connectivity index is 1.76. The topological polar surface area (TPSA) is 105 Å². The van der Waals surface area contributed by atoms with Crippen molar-refractivity contribution < 1.29 is 23.6 Å². The number of nitrogens with zero attached hydrogens (tertiary/aromatic N) is 2. The molecule has 0 aliphatic carbocycles. The van der Waals surface area contributed by atoms with Crippen LogP contribution in [0.5, 0.6) is 0 Å². The molecule has 174 valence electrons. The molecular formula is C23H24N2O6S2. The van der Waals surface area contributed by atoms with Crippen LogP contribution >= 0.6 is 23.5 Å². The van der Waals surface area contributed by atoms with Gasteiger partial charge in [0.05, 0.1) is 28.0 Å². The highest BCUT2D eigenvalue weighted by Crippen LogP contribution is 2.36. The Morgan fingerprint density at radius 2 is 1.33 bits per heavy atom. The Kier molecular flexibility index (Phi) is 6.41. The Morgan fingerprint density at radius 3 is 1.91 bits per heavy atom. The number of benzene rings is 1. The molecule has 2 aliphatic rings. The van der Waals surface area contributed by atoms with Gasteiger partial charge >= 0.3 is 5.63 Å². The molecule has 4 unspecified atom stereocenters. The Morgan fingerprint density at radius 1 is 0.788 bits per heavy atom. The van der Waals surface area contributed by atoms with Crippen molar-refractivity contribution >= 4 is 69.5 Å². The van der Waals surface area contributed by atoms with Crippen LogP contribution in [-0.2, 0) is 19.2 Å². The lowest BCUT2D eigenvalue weighted by Crippen LogP contribution is -2.35. The molecule has 0 bridgehead atoms. The van der Waals surface area contributed by atoms with Crippen molar-refractivity contribution in [3.63, 3.8) is 0 Å². The average molecular weight is 489 g/mol. The lowest BCUT2D eigenvalue weighted by atomic mass is 10.1. The molecule has 0 saturated carbocycles. The number of fused-ring (bicyclic) bond motifs is 1. The molecular weight excluding hydrogens is 464 g/mol. The van der Waals surface area contributed by atoms with E-state index in [4.69, 9.17) is 4.42 Å². The first-order chi connectivity index (χ1) is 15.7. The Labute approximate surface area is 199 Å². The zero-order valence-corrected chi connectivity index (χ0v) is 20.3. The fourth-order valence-corrected chi connectivity index (χ4v) is 6.27. The van der Waals surface area contributed by atoms with Crippen LogP contribution in [0.15, 0.2) is 33.5 Å². The van der Waals surface area contributed by atoms with Gasteiger partial charge in [0.15, 0.2) is 0 Å². The van der Waals surface area contributed by atoms with Crippen LogP contribution in [0.1, 0.15) is 27.7 Å². The van der Waals surface area contributed by atoms with E-state index in [1.54, 1.807) is 26.0 Å². The van der Waals surface area contributed by atoms with Gasteiger partial charge in [-0.15, -0.1) is 23.5 Å². The summed E-state index contributed by atoms with van der Waals surface area (Å²) in [4.78, 5) is 66.1. The van der Waals surface area contributed by atoms with Crippen LogP contribution in [0.4, 0.5) is 11.4 Å². The summed E-state index contributed by atoms with van der Waals surface area (Å²) in [5.41, 5.74) is -0.374. The summed E-state index contributed by atoms with van der Waals surface area (Å²) < 4.78 is 5.38. The molecule has 2 aliphatic heterocycles. The van der Waals surface area contributed by atoms with E-state index in [2.05, 4.69) is 0 Å². The van der Waals surface area contributed by atoms with E-state index < -0.39 is 39.8 Å². The predicted octanol–water partition coefficient (Wildman–Crippen LogP) is 3.06. The Bertz CT molecular complexity index is 1230. The highest BCUT2D eigenvalue weighted by molar-refractivity contribution is 8.00. The molecule has 0 spiro atoms. The maximum atomic E-state index is 12.9. The number of amides is 4. The van der Waals surface area contributed by atoms with Crippen LogP contribution < -0.4 is 15.4 Å². The number of carbonyl (C=O) groups is 4. The zero-order valence-electron chi connectivity index (χ0n) is 18.7. The highest BCUT2D eigenvalue weighted by atomic mass is 32.2. The van der Waals surface area contributed by atoms with Crippen LogP contribution in [0, 0.1) is 11.8 Å². The second-order valence-corrected chi connectivity index (χ2v) is 10.8. The Hall–Kier alpha value is -2.59. The van der Waals surface area contributed by atoms with Crippen molar-refractivity contribution in [2.24, 2.45) is 11.8 Å². The molecule has 0 radical (unpaired) electrons. The highest BCUT2D eigenvalue weighted by Gasteiger charge is 2.47. The minimum Gasteiger partial charge on any atom is -0.421 e. The van der Waals surface area contributed by atoms with E-state index in [1.807, 2.05) is 13.8 Å². The largest absolute Gasteiger partial charge is 0.421 e. The summed E-state index contributed by atoms with van der Waals surface area (Å²) in [5.74, 6) is -1.11. The van der Waals surface area contributed by atoms with Gasteiger partial charge < -0.3 is 4.42 Å². The number of hydrogen-bond donors (Lipinski definition) is 0. The van der Waals surface area contributed by atoms with Crippen LogP contribution in [0.2, 0.25) is 0 Å². The summed E-state index contributed by atoms with van der Waals surface area (Å²) in [6.07, 6.45) is 0. The molecule has 4 atom stereocenters. The zero-order chi connectivity index (χ0) is 24.0. The summed E-state index contributed by atoms with van der Waals surface area (Å²) in [6.45, 7) is 7.24. The van der Waals surface area contributed by atoms with Crippen molar-refractivity contribution in [2.45, 2.75) is 38.2 Å². The second-order valence-electron chi connectivity index (χ2n) is 7.99. The van der Waals surface area contributed by atoms with E-state index in [9.17, 15) is 24.0 Å². The van der Waals surface area contributed by atoms with Crippen molar-refractivity contribution in [1.29, 1.82) is 0 Å². The SMILES string of the molecule is CCSC1C(=O)N(c2ccc3oc(=O)c(N4C(=O)C(C)C(SCC)C4=O)cc3c2)C(=O)C1C. The fourth-order valence-electron chi connectivity index (χ4n) is 4.24. The lowest BCUT2D eigenvalue weighted by molar-refractivity contribution is -0.123. The first-order valence-electron chi connectivity index (χ1n) is 10.8. The standard InChI is InChI=1S/C23H24N2O6S2/c1-5-32-17-11(3)19(26)24(21(17)28)14-7-8-16-13(9-14)10-15(23(30)31-16)25-20(27)12(4)18(22(25)29)33-6-2/h7-12,17-18H,5-6H2,1-4H3. The smallest absolute Gasteiger partial charge is 0.360 e. The lowest BCUT2D eigenvalue weighted by Gasteiger charge is -2.16. The third-order valence-corrected chi connectivity index (χ3v) is 8.55.